The minimum absolute atomic E-state index is 0.0574. The van der Waals surface area contributed by atoms with Gasteiger partial charge in [0.15, 0.2) is 6.04 Å². The number of methoxy groups -OCH3 is 1. The zero-order valence-electron chi connectivity index (χ0n) is 11.1. The summed E-state index contributed by atoms with van der Waals surface area (Å²) in [6.45, 7) is -0.997. The van der Waals surface area contributed by atoms with E-state index in [-0.39, 0.29) is 12.2 Å². The smallest absolute Gasteiger partial charge is 0.330 e. The standard InChI is InChI=1S/C12H14ClN3O5/c1-21-12(20)9(6-17)16-10(18)5-15-11(19)8-4-7(13)2-3-14-8/h2-4,9,17H,5-6H2,1H3,(H,15,19)(H,16,18)/t9-/m0/s1. The molecule has 9 heteroatoms. The normalized spacial score (nSPS) is 11.4. The molecule has 0 radical (unpaired) electrons. The Morgan fingerprint density at radius 2 is 2.19 bits per heavy atom. The van der Waals surface area contributed by atoms with Crippen molar-refractivity contribution in [3.8, 4) is 0 Å². The van der Waals surface area contributed by atoms with Gasteiger partial charge in [-0.25, -0.2) is 4.79 Å². The highest BCUT2D eigenvalue weighted by molar-refractivity contribution is 6.30. The van der Waals surface area contributed by atoms with Crippen LogP contribution in [0.4, 0.5) is 0 Å². The maximum Gasteiger partial charge on any atom is 0.330 e. The first kappa shape index (κ1) is 16.9. The Kier molecular flexibility index (Phi) is 6.57. The van der Waals surface area contributed by atoms with Crippen molar-refractivity contribution in [3.05, 3.63) is 29.0 Å². The quantitative estimate of drug-likeness (QED) is 0.586. The molecule has 0 aliphatic heterocycles. The van der Waals surface area contributed by atoms with Crippen LogP contribution in [0.2, 0.25) is 5.02 Å². The minimum atomic E-state index is -1.18. The average molecular weight is 316 g/mol. The van der Waals surface area contributed by atoms with Crippen molar-refractivity contribution in [2.45, 2.75) is 6.04 Å². The van der Waals surface area contributed by atoms with Gasteiger partial charge in [-0.05, 0) is 12.1 Å². The number of ether oxygens (including phenoxy) is 1. The highest BCUT2D eigenvalue weighted by Gasteiger charge is 2.20. The van der Waals surface area contributed by atoms with E-state index < -0.39 is 30.4 Å². The van der Waals surface area contributed by atoms with Crippen LogP contribution in [0.1, 0.15) is 10.5 Å². The fourth-order valence-electron chi connectivity index (χ4n) is 1.35. The first-order valence-corrected chi connectivity index (χ1v) is 6.23. The summed E-state index contributed by atoms with van der Waals surface area (Å²) in [4.78, 5) is 38.2. The number of hydrogen-bond acceptors (Lipinski definition) is 6. The number of hydrogen-bond donors (Lipinski definition) is 3. The van der Waals surface area contributed by atoms with Crippen LogP contribution >= 0.6 is 11.6 Å². The number of nitrogens with zero attached hydrogens (tertiary/aromatic N) is 1. The van der Waals surface area contributed by atoms with Crippen LogP contribution < -0.4 is 10.6 Å². The lowest BCUT2D eigenvalue weighted by Gasteiger charge is -2.13. The lowest BCUT2D eigenvalue weighted by Crippen LogP contribution is -2.47. The third-order valence-electron chi connectivity index (χ3n) is 2.37. The first-order valence-electron chi connectivity index (χ1n) is 5.85. The van der Waals surface area contributed by atoms with Gasteiger partial charge in [0.1, 0.15) is 5.69 Å². The van der Waals surface area contributed by atoms with Gasteiger partial charge in [-0.1, -0.05) is 11.6 Å². The van der Waals surface area contributed by atoms with Crippen LogP contribution in [0.15, 0.2) is 18.3 Å². The van der Waals surface area contributed by atoms with E-state index in [9.17, 15) is 14.4 Å². The van der Waals surface area contributed by atoms with Crippen LogP contribution in [-0.4, -0.2) is 54.2 Å². The molecule has 0 spiro atoms. The predicted octanol–water partition coefficient (Wildman–Crippen LogP) is -0.885. The number of aromatic nitrogens is 1. The zero-order valence-corrected chi connectivity index (χ0v) is 11.9. The van der Waals surface area contributed by atoms with Gasteiger partial charge >= 0.3 is 5.97 Å². The summed E-state index contributed by atoms with van der Waals surface area (Å²) in [5.74, 6) is -2.03. The van der Waals surface area contributed by atoms with Crippen LogP contribution in [-0.2, 0) is 14.3 Å². The Hall–Kier alpha value is -2.19. The van der Waals surface area contributed by atoms with Crippen molar-refractivity contribution in [2.75, 3.05) is 20.3 Å². The number of amides is 2. The molecule has 0 aliphatic rings. The molecule has 2 amide bonds. The van der Waals surface area contributed by atoms with Gasteiger partial charge in [0.05, 0.1) is 20.3 Å². The van der Waals surface area contributed by atoms with Crippen molar-refractivity contribution in [2.24, 2.45) is 0 Å². The number of halogens is 1. The van der Waals surface area contributed by atoms with Crippen LogP contribution in [0.3, 0.4) is 0 Å². The molecule has 3 N–H and O–H groups in total. The highest BCUT2D eigenvalue weighted by Crippen LogP contribution is 2.07. The number of carbonyl (C=O) groups excluding carboxylic acids is 3. The second kappa shape index (κ2) is 8.18. The Morgan fingerprint density at radius 1 is 1.48 bits per heavy atom. The van der Waals surface area contributed by atoms with Crippen LogP contribution in [0.5, 0.6) is 0 Å². The number of nitrogens with one attached hydrogen (secondary N) is 2. The molecule has 8 nitrogen and oxygen atoms in total. The molecule has 21 heavy (non-hydrogen) atoms. The maximum atomic E-state index is 11.7. The molecule has 0 unspecified atom stereocenters. The molecule has 1 aromatic rings. The molecule has 114 valence electrons. The molecule has 0 aliphatic carbocycles. The monoisotopic (exact) mass is 315 g/mol. The Balaban J connectivity index is 2.49. The predicted molar refractivity (Wildman–Crippen MR) is 72.6 cm³/mol. The van der Waals surface area contributed by atoms with Crippen LogP contribution in [0.25, 0.3) is 0 Å². The zero-order chi connectivity index (χ0) is 15.8. The summed E-state index contributed by atoms with van der Waals surface area (Å²) < 4.78 is 4.39. The summed E-state index contributed by atoms with van der Waals surface area (Å²) in [6.07, 6.45) is 1.36. The molecule has 0 aromatic carbocycles. The number of aliphatic hydroxyl groups excluding tert-OH is 1. The summed E-state index contributed by atoms with van der Waals surface area (Å²) in [5, 5.41) is 13.8. The molecule has 0 fully saturated rings. The van der Waals surface area contributed by atoms with Crippen molar-refractivity contribution >= 4 is 29.4 Å². The summed E-state index contributed by atoms with van der Waals surface area (Å²) in [6, 6.07) is 1.68. The lowest BCUT2D eigenvalue weighted by atomic mass is 10.3. The number of pyridine rings is 1. The fraction of sp³-hybridized carbons (Fsp3) is 0.333. The van der Waals surface area contributed by atoms with Crippen LogP contribution in [0, 0.1) is 0 Å². The number of carbonyl (C=O) groups is 3. The van der Waals surface area contributed by atoms with E-state index in [0.717, 1.165) is 7.11 Å². The van der Waals surface area contributed by atoms with Gasteiger partial charge in [-0.2, -0.15) is 0 Å². The lowest BCUT2D eigenvalue weighted by molar-refractivity contribution is -0.146. The first-order chi connectivity index (χ1) is 9.97. The number of aliphatic hydroxyl groups is 1. The molecule has 1 rings (SSSR count). The van der Waals surface area contributed by atoms with E-state index in [4.69, 9.17) is 16.7 Å². The van der Waals surface area contributed by atoms with Crippen molar-refractivity contribution in [1.29, 1.82) is 0 Å². The van der Waals surface area contributed by atoms with Gasteiger partial charge in [0.25, 0.3) is 5.91 Å². The van der Waals surface area contributed by atoms with Crippen molar-refractivity contribution < 1.29 is 24.2 Å². The average Bonchev–Trinajstić information content (AvgIpc) is 2.49. The highest BCUT2D eigenvalue weighted by atomic mass is 35.5. The number of rotatable bonds is 6. The van der Waals surface area contributed by atoms with E-state index in [1.54, 1.807) is 0 Å². The number of esters is 1. The van der Waals surface area contributed by atoms with Gasteiger partial charge in [0, 0.05) is 11.2 Å². The fourth-order valence-corrected chi connectivity index (χ4v) is 1.51. The van der Waals surface area contributed by atoms with E-state index >= 15 is 0 Å². The molecule has 1 aromatic heterocycles. The third kappa shape index (κ3) is 5.36. The molecular formula is C12H14ClN3O5. The van der Waals surface area contributed by atoms with E-state index in [1.165, 1.54) is 18.3 Å². The Bertz CT molecular complexity index is 537. The second-order valence-corrected chi connectivity index (χ2v) is 4.30. The molecule has 0 saturated heterocycles. The molecular weight excluding hydrogens is 302 g/mol. The topological polar surface area (TPSA) is 118 Å². The molecule has 0 saturated carbocycles. The molecule has 1 heterocycles. The third-order valence-corrected chi connectivity index (χ3v) is 2.60. The van der Waals surface area contributed by atoms with Crippen molar-refractivity contribution in [1.82, 2.24) is 15.6 Å². The Morgan fingerprint density at radius 3 is 2.76 bits per heavy atom. The molecule has 0 bridgehead atoms. The maximum absolute atomic E-state index is 11.7. The second-order valence-electron chi connectivity index (χ2n) is 3.87. The van der Waals surface area contributed by atoms with E-state index in [1.807, 2.05) is 0 Å². The van der Waals surface area contributed by atoms with Gasteiger partial charge in [-0.3, -0.25) is 14.6 Å². The summed E-state index contributed by atoms with van der Waals surface area (Å²) >= 11 is 5.71. The van der Waals surface area contributed by atoms with Crippen molar-refractivity contribution in [3.63, 3.8) is 0 Å². The summed E-state index contributed by atoms with van der Waals surface area (Å²) in [7, 11) is 1.13. The van der Waals surface area contributed by atoms with E-state index in [2.05, 4.69) is 20.4 Å². The largest absolute Gasteiger partial charge is 0.467 e. The Labute approximate surface area is 125 Å². The minimum Gasteiger partial charge on any atom is -0.467 e. The summed E-state index contributed by atoms with van der Waals surface area (Å²) in [5.41, 5.74) is 0.0574. The van der Waals surface area contributed by atoms with Gasteiger partial charge in [-0.15, -0.1) is 0 Å². The van der Waals surface area contributed by atoms with Gasteiger partial charge < -0.3 is 20.5 Å². The SMILES string of the molecule is COC(=O)[C@H](CO)NC(=O)CNC(=O)c1cc(Cl)ccn1. The van der Waals surface area contributed by atoms with E-state index in [0.29, 0.717) is 5.02 Å². The molecule has 1 atom stereocenters. The van der Waals surface area contributed by atoms with Gasteiger partial charge in [0.2, 0.25) is 5.91 Å².